The molecule has 0 unspecified atom stereocenters. The van der Waals surface area contributed by atoms with Crippen LogP contribution in [-0.2, 0) is 10.0 Å². The normalized spacial score (nSPS) is 15.5. The highest BCUT2D eigenvalue weighted by molar-refractivity contribution is 7.89. The van der Waals surface area contributed by atoms with Gasteiger partial charge in [-0.3, -0.25) is 10.1 Å². The highest BCUT2D eigenvalue weighted by Gasteiger charge is 2.27. The van der Waals surface area contributed by atoms with E-state index in [1.807, 2.05) is 0 Å². The Morgan fingerprint density at radius 1 is 1.00 bits per heavy atom. The van der Waals surface area contributed by atoms with E-state index < -0.39 is 20.7 Å². The number of sulfonamides is 1. The summed E-state index contributed by atoms with van der Waals surface area (Å²) in [5, 5.41) is 20.4. The molecule has 1 heterocycles. The lowest BCUT2D eigenvalue weighted by atomic mass is 10.1. The Morgan fingerprint density at radius 3 is 2.17 bits per heavy atom. The number of phenols is 1. The van der Waals surface area contributed by atoms with Crippen molar-refractivity contribution in [3.05, 3.63) is 52.6 Å². The van der Waals surface area contributed by atoms with Crippen molar-refractivity contribution < 1.29 is 18.4 Å². The van der Waals surface area contributed by atoms with Crippen LogP contribution in [0.4, 0.5) is 5.69 Å². The summed E-state index contributed by atoms with van der Waals surface area (Å²) in [7, 11) is -3.48. The lowest BCUT2D eigenvalue weighted by Crippen LogP contribution is -2.27. The molecule has 0 aliphatic carbocycles. The van der Waals surface area contributed by atoms with Crippen LogP contribution in [0, 0.1) is 10.1 Å². The molecule has 1 aliphatic heterocycles. The van der Waals surface area contributed by atoms with Crippen molar-refractivity contribution >= 4 is 15.7 Å². The van der Waals surface area contributed by atoms with Crippen LogP contribution in [0.1, 0.15) is 12.8 Å². The smallest absolute Gasteiger partial charge is 0.311 e. The van der Waals surface area contributed by atoms with E-state index in [0.717, 1.165) is 12.8 Å². The second-order valence-electron chi connectivity index (χ2n) is 5.60. The molecular weight excluding hydrogens is 332 g/mol. The zero-order chi connectivity index (χ0) is 17.3. The van der Waals surface area contributed by atoms with Crippen molar-refractivity contribution in [1.29, 1.82) is 0 Å². The molecule has 1 aliphatic rings. The van der Waals surface area contributed by atoms with Gasteiger partial charge in [0.1, 0.15) is 0 Å². The van der Waals surface area contributed by atoms with Gasteiger partial charge in [-0.15, -0.1) is 0 Å². The first-order valence-electron chi connectivity index (χ1n) is 7.47. The fourth-order valence-electron chi connectivity index (χ4n) is 2.75. The predicted octanol–water partition coefficient (Wildman–Crippen LogP) is 2.75. The molecule has 0 atom stereocenters. The van der Waals surface area contributed by atoms with Gasteiger partial charge < -0.3 is 5.11 Å². The van der Waals surface area contributed by atoms with E-state index >= 15 is 0 Å². The van der Waals surface area contributed by atoms with Crippen LogP contribution >= 0.6 is 0 Å². The van der Waals surface area contributed by atoms with Crippen molar-refractivity contribution in [1.82, 2.24) is 4.31 Å². The Kier molecular flexibility index (Phi) is 4.25. The minimum absolute atomic E-state index is 0.210. The average Bonchev–Trinajstić information content (AvgIpc) is 3.10. The number of nitrogens with zero attached hydrogens (tertiary/aromatic N) is 2. The zero-order valence-electron chi connectivity index (χ0n) is 12.8. The van der Waals surface area contributed by atoms with E-state index in [2.05, 4.69) is 0 Å². The van der Waals surface area contributed by atoms with Crippen molar-refractivity contribution in [2.24, 2.45) is 0 Å². The molecule has 24 heavy (non-hydrogen) atoms. The summed E-state index contributed by atoms with van der Waals surface area (Å²) in [6.07, 6.45) is 1.74. The standard InChI is InChI=1S/C16H16N2O5S/c19-16-8-5-13(11-15(16)18(20)21)12-3-6-14(7-4-12)24(22,23)17-9-1-2-10-17/h3-8,11,19H,1-2,9-10H2. The topological polar surface area (TPSA) is 101 Å². The first kappa shape index (κ1) is 16.4. The quantitative estimate of drug-likeness (QED) is 0.676. The first-order valence-corrected chi connectivity index (χ1v) is 8.91. The minimum Gasteiger partial charge on any atom is -0.502 e. The number of rotatable bonds is 4. The largest absolute Gasteiger partial charge is 0.502 e. The highest BCUT2D eigenvalue weighted by atomic mass is 32.2. The average molecular weight is 348 g/mol. The van der Waals surface area contributed by atoms with Crippen LogP contribution in [0.5, 0.6) is 5.75 Å². The van der Waals surface area contributed by atoms with Crippen molar-refractivity contribution in [2.75, 3.05) is 13.1 Å². The maximum atomic E-state index is 12.5. The van der Waals surface area contributed by atoms with Crippen molar-refractivity contribution in [3.8, 4) is 16.9 Å². The summed E-state index contributed by atoms with van der Waals surface area (Å²) in [6.45, 7) is 1.07. The molecule has 0 aromatic heterocycles. The lowest BCUT2D eigenvalue weighted by molar-refractivity contribution is -0.385. The molecule has 3 rings (SSSR count). The third kappa shape index (κ3) is 2.98. The number of aromatic hydroxyl groups is 1. The zero-order valence-corrected chi connectivity index (χ0v) is 13.6. The molecule has 1 saturated heterocycles. The molecule has 8 heteroatoms. The number of nitro groups is 1. The number of phenolic OH excluding ortho intramolecular Hbond substituents is 1. The summed E-state index contributed by atoms with van der Waals surface area (Å²) in [5.41, 5.74) is 0.782. The maximum Gasteiger partial charge on any atom is 0.311 e. The molecule has 0 saturated carbocycles. The Bertz CT molecular complexity index is 872. The number of hydrogen-bond donors (Lipinski definition) is 1. The molecule has 126 valence electrons. The monoisotopic (exact) mass is 348 g/mol. The minimum atomic E-state index is -3.48. The van der Waals surface area contributed by atoms with E-state index in [0.29, 0.717) is 24.2 Å². The van der Waals surface area contributed by atoms with E-state index in [-0.39, 0.29) is 10.6 Å². The fraction of sp³-hybridized carbons (Fsp3) is 0.250. The molecule has 0 bridgehead atoms. The summed E-state index contributed by atoms with van der Waals surface area (Å²) in [5.74, 6) is -0.406. The van der Waals surface area contributed by atoms with Crippen LogP contribution in [0.2, 0.25) is 0 Å². The lowest BCUT2D eigenvalue weighted by Gasteiger charge is -2.15. The van der Waals surface area contributed by atoms with Gasteiger partial charge in [-0.05, 0) is 42.2 Å². The molecule has 2 aromatic carbocycles. The Balaban J connectivity index is 1.93. The third-order valence-corrected chi connectivity index (χ3v) is 5.98. The Labute approximate surface area is 139 Å². The summed E-state index contributed by atoms with van der Waals surface area (Å²) >= 11 is 0. The van der Waals surface area contributed by atoms with Crippen LogP contribution in [0.25, 0.3) is 11.1 Å². The number of hydrogen-bond acceptors (Lipinski definition) is 5. The van der Waals surface area contributed by atoms with Gasteiger partial charge in [-0.25, -0.2) is 8.42 Å². The molecule has 0 radical (unpaired) electrons. The Morgan fingerprint density at radius 2 is 1.58 bits per heavy atom. The third-order valence-electron chi connectivity index (χ3n) is 4.06. The van der Waals surface area contributed by atoms with Gasteiger partial charge in [0, 0.05) is 19.2 Å². The fourth-order valence-corrected chi connectivity index (χ4v) is 4.26. The molecule has 0 spiro atoms. The molecule has 1 N–H and O–H groups in total. The molecule has 7 nitrogen and oxygen atoms in total. The van der Waals surface area contributed by atoms with E-state index in [1.54, 1.807) is 18.2 Å². The van der Waals surface area contributed by atoms with Gasteiger partial charge in [0.15, 0.2) is 5.75 Å². The van der Waals surface area contributed by atoms with Gasteiger partial charge in [-0.1, -0.05) is 18.2 Å². The summed E-state index contributed by atoms with van der Waals surface area (Å²) in [4.78, 5) is 10.4. The van der Waals surface area contributed by atoms with E-state index in [1.165, 1.54) is 28.6 Å². The highest BCUT2D eigenvalue weighted by Crippen LogP contribution is 2.32. The second kappa shape index (κ2) is 6.21. The van der Waals surface area contributed by atoms with E-state index in [9.17, 15) is 23.6 Å². The van der Waals surface area contributed by atoms with Gasteiger partial charge >= 0.3 is 5.69 Å². The SMILES string of the molecule is O=[N+]([O-])c1cc(-c2ccc(S(=O)(=O)N3CCCC3)cc2)ccc1O. The summed E-state index contributed by atoms with van der Waals surface area (Å²) < 4.78 is 26.4. The van der Waals surface area contributed by atoms with Gasteiger partial charge in [0.2, 0.25) is 10.0 Å². The first-order chi connectivity index (χ1) is 11.4. The van der Waals surface area contributed by atoms with E-state index in [4.69, 9.17) is 0 Å². The second-order valence-corrected chi connectivity index (χ2v) is 7.53. The predicted molar refractivity (Wildman–Crippen MR) is 88.2 cm³/mol. The van der Waals surface area contributed by atoms with Gasteiger partial charge in [0.05, 0.1) is 9.82 Å². The molecule has 0 amide bonds. The van der Waals surface area contributed by atoms with Crippen LogP contribution in [-0.4, -0.2) is 35.8 Å². The van der Waals surface area contributed by atoms with Gasteiger partial charge in [0.25, 0.3) is 0 Å². The molecule has 1 fully saturated rings. The summed E-state index contributed by atoms with van der Waals surface area (Å²) in [6, 6.07) is 10.3. The van der Waals surface area contributed by atoms with Crippen molar-refractivity contribution in [3.63, 3.8) is 0 Å². The molecule has 2 aromatic rings. The van der Waals surface area contributed by atoms with Crippen LogP contribution < -0.4 is 0 Å². The maximum absolute atomic E-state index is 12.5. The number of benzene rings is 2. The Hall–Kier alpha value is -2.45. The molecular formula is C16H16N2O5S. The number of nitro benzene ring substituents is 1. The van der Waals surface area contributed by atoms with Crippen molar-refractivity contribution in [2.45, 2.75) is 17.7 Å². The van der Waals surface area contributed by atoms with Crippen LogP contribution in [0.3, 0.4) is 0 Å². The van der Waals surface area contributed by atoms with Crippen LogP contribution in [0.15, 0.2) is 47.4 Å². The van der Waals surface area contributed by atoms with Gasteiger partial charge in [-0.2, -0.15) is 4.31 Å².